The lowest BCUT2D eigenvalue weighted by Crippen LogP contribution is -2.01. The molecule has 0 bridgehead atoms. The first kappa shape index (κ1) is 15.7. The number of hydrogen-bond acceptors (Lipinski definition) is 6. The molecule has 0 fully saturated rings. The first-order valence-corrected chi connectivity index (χ1v) is 9.38. The monoisotopic (exact) mass is 451 g/mol. The van der Waals surface area contributed by atoms with Gasteiger partial charge < -0.3 is 14.7 Å². The lowest BCUT2D eigenvalue weighted by atomic mass is 10.3. The van der Waals surface area contributed by atoms with Gasteiger partial charge in [0.15, 0.2) is 22.1 Å². The van der Waals surface area contributed by atoms with Crippen molar-refractivity contribution >= 4 is 62.3 Å². The van der Waals surface area contributed by atoms with Gasteiger partial charge in [-0.15, -0.1) is 0 Å². The zero-order valence-electron chi connectivity index (χ0n) is 12.9. The van der Waals surface area contributed by atoms with E-state index < -0.39 is 0 Å². The topological polar surface area (TPSA) is 82.8 Å². The van der Waals surface area contributed by atoms with Crippen LogP contribution in [0.25, 0.3) is 22.1 Å². The number of anilines is 1. The first-order valence-electron chi connectivity index (χ1n) is 7.48. The molecule has 1 aromatic carbocycles. The van der Waals surface area contributed by atoms with Gasteiger partial charge >= 0.3 is 0 Å². The molecule has 122 valence electrons. The van der Waals surface area contributed by atoms with E-state index in [0.29, 0.717) is 11.3 Å². The smallest absolute Gasteiger partial charge is 0.175 e. The number of halogens is 1. The third kappa shape index (κ3) is 2.63. The van der Waals surface area contributed by atoms with E-state index in [-0.39, 0.29) is 0 Å². The van der Waals surface area contributed by atoms with Crippen LogP contribution >= 0.6 is 34.4 Å². The second kappa shape index (κ2) is 6.25. The van der Waals surface area contributed by atoms with E-state index in [4.69, 9.17) is 10.2 Å². The molecule has 0 saturated carbocycles. The molecule has 24 heavy (non-hydrogen) atoms. The fraction of sp³-hybridized carbons (Fsp3) is 0.188. The van der Waals surface area contributed by atoms with Gasteiger partial charge in [0.2, 0.25) is 0 Å². The van der Waals surface area contributed by atoms with Gasteiger partial charge in [-0.2, -0.15) is 0 Å². The molecule has 6 nitrogen and oxygen atoms in total. The van der Waals surface area contributed by atoms with Crippen LogP contribution in [0.1, 0.15) is 13.3 Å². The Morgan fingerprint density at radius 3 is 3.04 bits per heavy atom. The van der Waals surface area contributed by atoms with Crippen molar-refractivity contribution in [2.24, 2.45) is 0 Å². The SMILES string of the molecule is CCCn1c(Sc2cc3ccoc3cc2I)nc2c(N)ncnc21. The van der Waals surface area contributed by atoms with Crippen molar-refractivity contribution in [1.82, 2.24) is 19.5 Å². The highest BCUT2D eigenvalue weighted by atomic mass is 127. The number of aromatic nitrogens is 4. The third-order valence-electron chi connectivity index (χ3n) is 3.68. The van der Waals surface area contributed by atoms with Crippen LogP contribution in [0.5, 0.6) is 0 Å². The normalized spacial score (nSPS) is 11.6. The van der Waals surface area contributed by atoms with E-state index in [1.54, 1.807) is 18.0 Å². The number of nitrogens with two attached hydrogens (primary N) is 1. The first-order chi connectivity index (χ1) is 11.7. The van der Waals surface area contributed by atoms with Crippen molar-refractivity contribution in [3.63, 3.8) is 0 Å². The summed E-state index contributed by atoms with van der Waals surface area (Å²) in [5, 5.41) is 1.95. The van der Waals surface area contributed by atoms with Gasteiger partial charge in [0, 0.05) is 20.4 Å². The number of fused-ring (bicyclic) bond motifs is 2. The Morgan fingerprint density at radius 2 is 2.21 bits per heavy atom. The zero-order chi connectivity index (χ0) is 16.7. The number of rotatable bonds is 4. The standard InChI is InChI=1S/C16H14IN5OS/c1-2-4-22-15-13(14(18)19-8-20-15)21-16(22)24-12-6-9-3-5-23-11(9)7-10(12)17/h3,5-8H,2,4H2,1H3,(H2,18,19,20). The van der Waals surface area contributed by atoms with Gasteiger partial charge in [-0.3, -0.25) is 0 Å². The second-order valence-corrected chi connectivity index (χ2v) is 7.49. The van der Waals surface area contributed by atoms with Crippen LogP contribution in [0.4, 0.5) is 5.82 Å². The van der Waals surface area contributed by atoms with Crippen molar-refractivity contribution in [2.75, 3.05) is 5.73 Å². The van der Waals surface area contributed by atoms with Crippen LogP contribution in [0.3, 0.4) is 0 Å². The highest BCUT2D eigenvalue weighted by Crippen LogP contribution is 2.36. The average molecular weight is 451 g/mol. The van der Waals surface area contributed by atoms with Crippen molar-refractivity contribution < 1.29 is 4.42 Å². The number of benzene rings is 1. The molecular formula is C16H14IN5OS. The number of aryl methyl sites for hydroxylation is 1. The maximum Gasteiger partial charge on any atom is 0.175 e. The Hall–Kier alpha value is -1.81. The molecule has 3 aromatic heterocycles. The summed E-state index contributed by atoms with van der Waals surface area (Å²) in [5.41, 5.74) is 8.30. The predicted molar refractivity (Wildman–Crippen MR) is 103 cm³/mol. The summed E-state index contributed by atoms with van der Waals surface area (Å²) in [5.74, 6) is 0.414. The summed E-state index contributed by atoms with van der Waals surface area (Å²) >= 11 is 3.93. The highest BCUT2D eigenvalue weighted by Gasteiger charge is 2.17. The molecule has 0 aliphatic carbocycles. The fourth-order valence-corrected chi connectivity index (χ4v) is 4.31. The van der Waals surface area contributed by atoms with Gasteiger partial charge in [-0.25, -0.2) is 15.0 Å². The van der Waals surface area contributed by atoms with Gasteiger partial charge in [0.05, 0.1) is 6.26 Å². The van der Waals surface area contributed by atoms with Crippen LogP contribution in [-0.2, 0) is 6.54 Å². The lowest BCUT2D eigenvalue weighted by molar-refractivity contribution is 0.615. The Kier molecular flexibility index (Phi) is 4.09. The average Bonchev–Trinajstić information content (AvgIpc) is 3.14. The van der Waals surface area contributed by atoms with Crippen molar-refractivity contribution in [3.8, 4) is 0 Å². The second-order valence-electron chi connectivity index (χ2n) is 5.32. The summed E-state index contributed by atoms with van der Waals surface area (Å²) in [7, 11) is 0. The molecule has 0 aliphatic rings. The number of hydrogen-bond donors (Lipinski definition) is 1. The van der Waals surface area contributed by atoms with Crippen molar-refractivity contribution in [3.05, 3.63) is 34.4 Å². The molecule has 0 atom stereocenters. The van der Waals surface area contributed by atoms with Gasteiger partial charge in [0.25, 0.3) is 0 Å². The predicted octanol–water partition coefficient (Wildman–Crippen LogP) is 4.32. The van der Waals surface area contributed by atoms with Crippen molar-refractivity contribution in [2.45, 2.75) is 29.9 Å². The van der Waals surface area contributed by atoms with E-state index >= 15 is 0 Å². The molecule has 0 aliphatic heterocycles. The summed E-state index contributed by atoms with van der Waals surface area (Å²) in [6.07, 6.45) is 4.18. The van der Waals surface area contributed by atoms with Crippen LogP contribution < -0.4 is 5.73 Å². The van der Waals surface area contributed by atoms with Gasteiger partial charge in [-0.05, 0) is 47.2 Å². The molecule has 0 radical (unpaired) electrons. The van der Waals surface area contributed by atoms with Crippen LogP contribution in [0.15, 0.2) is 45.3 Å². The van der Waals surface area contributed by atoms with Gasteiger partial charge in [0.1, 0.15) is 11.9 Å². The Bertz CT molecular complexity index is 1040. The minimum atomic E-state index is 0.414. The maximum atomic E-state index is 5.97. The van der Waals surface area contributed by atoms with Crippen LogP contribution in [0, 0.1) is 3.57 Å². The minimum Gasteiger partial charge on any atom is -0.464 e. The molecule has 0 unspecified atom stereocenters. The molecule has 4 aromatic rings. The van der Waals surface area contributed by atoms with Crippen LogP contribution in [-0.4, -0.2) is 19.5 Å². The van der Waals surface area contributed by atoms with Crippen molar-refractivity contribution in [1.29, 1.82) is 0 Å². The molecule has 4 rings (SSSR count). The van der Waals surface area contributed by atoms with Gasteiger partial charge in [-0.1, -0.05) is 18.7 Å². The molecule has 0 spiro atoms. The summed E-state index contributed by atoms with van der Waals surface area (Å²) in [6.45, 7) is 2.96. The van der Waals surface area contributed by atoms with E-state index in [1.807, 2.05) is 12.1 Å². The Labute approximate surface area is 156 Å². The molecule has 3 heterocycles. The molecule has 0 saturated heterocycles. The summed E-state index contributed by atoms with van der Waals surface area (Å²) in [6, 6.07) is 6.13. The van der Waals surface area contributed by atoms with E-state index in [0.717, 1.165) is 43.2 Å². The maximum absolute atomic E-state index is 5.97. The zero-order valence-corrected chi connectivity index (χ0v) is 15.8. The third-order valence-corrected chi connectivity index (χ3v) is 5.99. The van der Waals surface area contributed by atoms with E-state index in [9.17, 15) is 0 Å². The number of imidazole rings is 1. The quantitative estimate of drug-likeness (QED) is 0.466. The van der Waals surface area contributed by atoms with Crippen LogP contribution in [0.2, 0.25) is 0 Å². The summed E-state index contributed by atoms with van der Waals surface area (Å²) < 4.78 is 8.68. The Morgan fingerprint density at radius 1 is 1.33 bits per heavy atom. The highest BCUT2D eigenvalue weighted by molar-refractivity contribution is 14.1. The van der Waals surface area contributed by atoms with E-state index in [2.05, 4.69) is 55.1 Å². The molecule has 2 N–H and O–H groups in total. The number of nitrogens with zero attached hydrogens (tertiary/aromatic N) is 4. The fourth-order valence-electron chi connectivity index (χ4n) is 2.58. The lowest BCUT2D eigenvalue weighted by Gasteiger charge is -2.08. The molecule has 0 amide bonds. The molecular weight excluding hydrogens is 437 g/mol. The Balaban J connectivity index is 1.84. The minimum absolute atomic E-state index is 0.414. The molecule has 8 heteroatoms. The largest absolute Gasteiger partial charge is 0.464 e. The van der Waals surface area contributed by atoms with E-state index in [1.165, 1.54) is 6.33 Å². The number of furan rings is 1. The summed E-state index contributed by atoms with van der Waals surface area (Å²) in [4.78, 5) is 14.2. The number of nitrogen functional groups attached to an aromatic ring is 1.